The van der Waals surface area contributed by atoms with E-state index < -0.39 is 0 Å². The van der Waals surface area contributed by atoms with Crippen LogP contribution < -0.4 is 4.74 Å². The molecule has 0 spiro atoms. The molecule has 0 unspecified atom stereocenters. The highest BCUT2D eigenvalue weighted by Gasteiger charge is 2.00. The number of nitrogens with zero attached hydrogens (tertiary/aromatic N) is 1. The van der Waals surface area contributed by atoms with E-state index in [9.17, 15) is 0 Å². The SMILES string of the molecule is Cc1cc(COc2cc[c]cc2)no1. The first-order valence-corrected chi connectivity index (χ1v) is 4.36. The van der Waals surface area contributed by atoms with Crippen LogP contribution in [0, 0.1) is 13.0 Å². The summed E-state index contributed by atoms with van der Waals surface area (Å²) in [5, 5.41) is 3.82. The molecule has 0 aliphatic heterocycles. The van der Waals surface area contributed by atoms with Gasteiger partial charge in [-0.1, -0.05) is 17.3 Å². The van der Waals surface area contributed by atoms with Crippen molar-refractivity contribution < 1.29 is 9.26 Å². The molecule has 2 rings (SSSR count). The molecule has 71 valence electrons. The van der Waals surface area contributed by atoms with Gasteiger partial charge in [-0.3, -0.25) is 0 Å². The van der Waals surface area contributed by atoms with Crippen molar-refractivity contribution in [2.45, 2.75) is 13.5 Å². The smallest absolute Gasteiger partial charge is 0.134 e. The first-order chi connectivity index (χ1) is 6.84. The minimum absolute atomic E-state index is 0.432. The highest BCUT2D eigenvalue weighted by atomic mass is 16.5. The van der Waals surface area contributed by atoms with Crippen LogP contribution in [0.25, 0.3) is 0 Å². The monoisotopic (exact) mass is 188 g/mol. The van der Waals surface area contributed by atoms with Crippen molar-refractivity contribution in [3.8, 4) is 5.75 Å². The second-order valence-corrected chi connectivity index (χ2v) is 2.95. The van der Waals surface area contributed by atoms with Crippen molar-refractivity contribution in [2.24, 2.45) is 0 Å². The van der Waals surface area contributed by atoms with Crippen molar-refractivity contribution in [1.82, 2.24) is 5.16 Å². The zero-order chi connectivity index (χ0) is 9.80. The van der Waals surface area contributed by atoms with Gasteiger partial charge < -0.3 is 9.26 Å². The molecule has 0 atom stereocenters. The summed E-state index contributed by atoms with van der Waals surface area (Å²) >= 11 is 0. The van der Waals surface area contributed by atoms with Gasteiger partial charge in [-0.15, -0.1) is 0 Å². The summed E-state index contributed by atoms with van der Waals surface area (Å²) in [4.78, 5) is 0. The number of ether oxygens (including phenoxy) is 1. The Bertz CT molecular complexity index is 395. The minimum atomic E-state index is 0.432. The average Bonchev–Trinajstić information content (AvgIpc) is 2.63. The molecule has 1 aromatic heterocycles. The molecule has 1 radical (unpaired) electrons. The Labute approximate surface area is 82.3 Å². The second-order valence-electron chi connectivity index (χ2n) is 2.95. The summed E-state index contributed by atoms with van der Waals surface area (Å²) in [5.41, 5.74) is 0.801. The zero-order valence-corrected chi connectivity index (χ0v) is 7.86. The lowest BCUT2D eigenvalue weighted by atomic mass is 10.3. The molecule has 3 nitrogen and oxygen atoms in total. The van der Waals surface area contributed by atoms with E-state index in [4.69, 9.17) is 9.26 Å². The van der Waals surface area contributed by atoms with Crippen LogP contribution in [-0.4, -0.2) is 5.16 Å². The number of hydrogen-bond donors (Lipinski definition) is 0. The van der Waals surface area contributed by atoms with Crippen LogP contribution in [0.15, 0.2) is 34.9 Å². The van der Waals surface area contributed by atoms with Crippen molar-refractivity contribution in [3.05, 3.63) is 47.9 Å². The molecular formula is C11H10NO2. The van der Waals surface area contributed by atoms with Gasteiger partial charge in [-0.05, 0) is 25.1 Å². The maximum Gasteiger partial charge on any atom is 0.134 e. The topological polar surface area (TPSA) is 35.3 Å². The first-order valence-electron chi connectivity index (χ1n) is 4.36. The van der Waals surface area contributed by atoms with Crippen molar-refractivity contribution >= 4 is 0 Å². The fraction of sp³-hybridized carbons (Fsp3) is 0.182. The van der Waals surface area contributed by atoms with Gasteiger partial charge in [0.05, 0.1) is 0 Å². The quantitative estimate of drug-likeness (QED) is 0.741. The van der Waals surface area contributed by atoms with Crippen LogP contribution in [0.5, 0.6) is 5.75 Å². The summed E-state index contributed by atoms with van der Waals surface area (Å²) < 4.78 is 10.4. The van der Waals surface area contributed by atoms with E-state index in [0.29, 0.717) is 6.61 Å². The third-order valence-electron chi connectivity index (χ3n) is 1.75. The summed E-state index contributed by atoms with van der Waals surface area (Å²) in [6.07, 6.45) is 0. The van der Waals surface area contributed by atoms with Gasteiger partial charge >= 0.3 is 0 Å². The van der Waals surface area contributed by atoms with E-state index in [2.05, 4.69) is 11.2 Å². The molecule has 0 aliphatic carbocycles. The fourth-order valence-corrected chi connectivity index (χ4v) is 1.11. The van der Waals surface area contributed by atoms with Crippen LogP contribution in [0.1, 0.15) is 11.5 Å². The Balaban J connectivity index is 1.95. The molecular weight excluding hydrogens is 178 g/mol. The fourth-order valence-electron chi connectivity index (χ4n) is 1.11. The highest BCUT2D eigenvalue weighted by molar-refractivity contribution is 5.20. The standard InChI is InChI=1S/C11H10NO2/c1-9-7-10(12-14-9)8-13-11-5-3-2-4-6-11/h3-7H,8H2,1H3. The van der Waals surface area contributed by atoms with E-state index in [1.807, 2.05) is 37.3 Å². The van der Waals surface area contributed by atoms with Gasteiger partial charge in [0.2, 0.25) is 0 Å². The molecule has 0 aliphatic rings. The second kappa shape index (κ2) is 3.96. The normalized spacial score (nSPS) is 10.1. The largest absolute Gasteiger partial charge is 0.487 e. The lowest BCUT2D eigenvalue weighted by molar-refractivity contribution is 0.288. The van der Waals surface area contributed by atoms with Crippen LogP contribution in [0.2, 0.25) is 0 Å². The minimum Gasteiger partial charge on any atom is -0.487 e. The van der Waals surface area contributed by atoms with Crippen LogP contribution in [0.4, 0.5) is 0 Å². The Morgan fingerprint density at radius 3 is 2.86 bits per heavy atom. The molecule has 0 N–H and O–H groups in total. The van der Waals surface area contributed by atoms with Crippen molar-refractivity contribution in [2.75, 3.05) is 0 Å². The number of hydrogen-bond acceptors (Lipinski definition) is 3. The van der Waals surface area contributed by atoms with E-state index >= 15 is 0 Å². The number of aromatic nitrogens is 1. The summed E-state index contributed by atoms with van der Waals surface area (Å²) in [6, 6.07) is 12.1. The molecule has 3 heteroatoms. The summed E-state index contributed by atoms with van der Waals surface area (Å²) in [6.45, 7) is 2.29. The lowest BCUT2D eigenvalue weighted by Gasteiger charge is -2.01. The number of aryl methyl sites for hydroxylation is 1. The maximum absolute atomic E-state index is 5.46. The number of benzene rings is 1. The van der Waals surface area contributed by atoms with E-state index in [-0.39, 0.29) is 0 Å². The van der Waals surface area contributed by atoms with E-state index in [1.54, 1.807) is 0 Å². The van der Waals surface area contributed by atoms with Crippen molar-refractivity contribution in [1.29, 1.82) is 0 Å². The zero-order valence-electron chi connectivity index (χ0n) is 7.86. The molecule has 1 aromatic carbocycles. The average molecular weight is 188 g/mol. The molecule has 0 saturated heterocycles. The van der Waals surface area contributed by atoms with Gasteiger partial charge in [0, 0.05) is 6.07 Å². The van der Waals surface area contributed by atoms with Gasteiger partial charge in [-0.2, -0.15) is 0 Å². The van der Waals surface area contributed by atoms with Gasteiger partial charge in [0.25, 0.3) is 0 Å². The summed E-state index contributed by atoms with van der Waals surface area (Å²) in [5.74, 6) is 1.61. The third-order valence-corrected chi connectivity index (χ3v) is 1.75. The van der Waals surface area contributed by atoms with Crippen molar-refractivity contribution in [3.63, 3.8) is 0 Å². The molecule has 0 saturated carbocycles. The lowest BCUT2D eigenvalue weighted by Crippen LogP contribution is -1.94. The Morgan fingerprint density at radius 1 is 1.43 bits per heavy atom. The highest BCUT2D eigenvalue weighted by Crippen LogP contribution is 2.11. The van der Waals surface area contributed by atoms with E-state index in [1.165, 1.54) is 0 Å². The predicted octanol–water partition coefficient (Wildman–Crippen LogP) is 2.36. The van der Waals surface area contributed by atoms with Crippen LogP contribution >= 0.6 is 0 Å². The predicted molar refractivity (Wildman–Crippen MR) is 50.9 cm³/mol. The van der Waals surface area contributed by atoms with Gasteiger partial charge in [0.15, 0.2) is 0 Å². The molecule has 0 bridgehead atoms. The summed E-state index contributed by atoms with van der Waals surface area (Å²) in [7, 11) is 0. The molecule has 14 heavy (non-hydrogen) atoms. The first kappa shape index (κ1) is 8.81. The molecule has 0 fully saturated rings. The number of rotatable bonds is 3. The van der Waals surface area contributed by atoms with Crippen LogP contribution in [0.3, 0.4) is 0 Å². The third kappa shape index (κ3) is 2.13. The van der Waals surface area contributed by atoms with Gasteiger partial charge in [0.1, 0.15) is 23.8 Å². The Morgan fingerprint density at radius 2 is 2.21 bits per heavy atom. The van der Waals surface area contributed by atoms with E-state index in [0.717, 1.165) is 17.2 Å². The Hall–Kier alpha value is -1.77. The van der Waals surface area contributed by atoms with Gasteiger partial charge in [-0.25, -0.2) is 0 Å². The maximum atomic E-state index is 5.46. The molecule has 1 heterocycles. The molecule has 0 amide bonds. The Kier molecular flexibility index (Phi) is 2.49. The molecule has 2 aromatic rings. The van der Waals surface area contributed by atoms with Crippen LogP contribution in [-0.2, 0) is 6.61 Å².